The fourth-order valence-corrected chi connectivity index (χ4v) is 1.45. The van der Waals surface area contributed by atoms with Gasteiger partial charge in [0.05, 0.1) is 0 Å². The SMILES string of the molecule is C[C@@H](CN)NC(=O)c1cc2ccccc2o1.Cl. The second-order valence-corrected chi connectivity index (χ2v) is 3.76. The van der Waals surface area contributed by atoms with Gasteiger partial charge in [0.1, 0.15) is 5.58 Å². The van der Waals surface area contributed by atoms with Crippen LogP contribution in [0.25, 0.3) is 11.0 Å². The van der Waals surface area contributed by atoms with Crippen LogP contribution < -0.4 is 11.1 Å². The highest BCUT2D eigenvalue weighted by atomic mass is 35.5. The first-order valence-electron chi connectivity index (χ1n) is 5.20. The maximum atomic E-state index is 11.7. The molecule has 1 aromatic heterocycles. The van der Waals surface area contributed by atoms with Crippen molar-refractivity contribution in [3.63, 3.8) is 0 Å². The average Bonchev–Trinajstić information content (AvgIpc) is 2.72. The van der Waals surface area contributed by atoms with E-state index in [4.69, 9.17) is 10.2 Å². The molecule has 1 heterocycles. The van der Waals surface area contributed by atoms with Gasteiger partial charge < -0.3 is 15.5 Å². The Morgan fingerprint density at radius 3 is 2.82 bits per heavy atom. The van der Waals surface area contributed by atoms with E-state index in [0.29, 0.717) is 17.9 Å². The number of para-hydroxylation sites is 1. The summed E-state index contributed by atoms with van der Waals surface area (Å²) in [6.45, 7) is 2.26. The molecule has 0 aliphatic carbocycles. The van der Waals surface area contributed by atoms with Gasteiger partial charge in [-0.05, 0) is 19.1 Å². The number of nitrogens with two attached hydrogens (primary N) is 1. The molecule has 0 bridgehead atoms. The van der Waals surface area contributed by atoms with Gasteiger partial charge in [-0.2, -0.15) is 0 Å². The van der Waals surface area contributed by atoms with Crippen molar-refractivity contribution in [2.24, 2.45) is 5.73 Å². The summed E-state index contributed by atoms with van der Waals surface area (Å²) in [6, 6.07) is 9.19. The van der Waals surface area contributed by atoms with Gasteiger partial charge in [-0.1, -0.05) is 18.2 Å². The number of rotatable bonds is 3. The fourth-order valence-electron chi connectivity index (χ4n) is 1.45. The third-order valence-electron chi connectivity index (χ3n) is 2.38. The minimum Gasteiger partial charge on any atom is -0.451 e. The van der Waals surface area contributed by atoms with E-state index in [9.17, 15) is 4.79 Å². The molecule has 2 aromatic rings. The molecular formula is C12H15ClN2O2. The number of hydrogen-bond donors (Lipinski definition) is 2. The van der Waals surface area contributed by atoms with Crippen LogP contribution in [0, 0.1) is 0 Å². The Hall–Kier alpha value is -1.52. The Balaban J connectivity index is 0.00000144. The van der Waals surface area contributed by atoms with Crippen molar-refractivity contribution in [1.82, 2.24) is 5.32 Å². The summed E-state index contributed by atoms with van der Waals surface area (Å²) in [5.74, 6) is 0.0932. The topological polar surface area (TPSA) is 68.3 Å². The number of amides is 1. The molecular weight excluding hydrogens is 240 g/mol. The van der Waals surface area contributed by atoms with Gasteiger partial charge in [0, 0.05) is 18.0 Å². The van der Waals surface area contributed by atoms with Crippen molar-refractivity contribution in [2.45, 2.75) is 13.0 Å². The summed E-state index contributed by atoms with van der Waals surface area (Å²) in [5.41, 5.74) is 6.14. The molecule has 0 radical (unpaired) electrons. The highest BCUT2D eigenvalue weighted by molar-refractivity contribution is 5.96. The second-order valence-electron chi connectivity index (χ2n) is 3.76. The standard InChI is InChI=1S/C12H14N2O2.ClH/c1-8(7-13)14-12(15)11-6-9-4-2-3-5-10(9)16-11;/h2-6,8H,7,13H2,1H3,(H,14,15);1H/t8-;/m0./s1. The lowest BCUT2D eigenvalue weighted by atomic mass is 10.2. The van der Waals surface area contributed by atoms with E-state index in [1.165, 1.54) is 0 Å². The zero-order valence-corrected chi connectivity index (χ0v) is 10.3. The lowest BCUT2D eigenvalue weighted by Crippen LogP contribution is -2.37. The van der Waals surface area contributed by atoms with Crippen LogP contribution in [0.4, 0.5) is 0 Å². The lowest BCUT2D eigenvalue weighted by molar-refractivity contribution is 0.0915. The van der Waals surface area contributed by atoms with Crippen LogP contribution in [0.1, 0.15) is 17.5 Å². The summed E-state index contributed by atoms with van der Waals surface area (Å²) < 4.78 is 5.42. The van der Waals surface area contributed by atoms with Gasteiger partial charge in [0.25, 0.3) is 5.91 Å². The second kappa shape index (κ2) is 5.70. The van der Waals surface area contributed by atoms with E-state index in [0.717, 1.165) is 5.39 Å². The smallest absolute Gasteiger partial charge is 0.287 e. The molecule has 0 saturated heterocycles. The summed E-state index contributed by atoms with van der Waals surface area (Å²) in [4.78, 5) is 11.7. The Morgan fingerprint density at radius 1 is 1.47 bits per heavy atom. The molecule has 17 heavy (non-hydrogen) atoms. The Kier molecular flexibility index (Phi) is 4.54. The van der Waals surface area contributed by atoms with Gasteiger partial charge in [0.15, 0.2) is 5.76 Å². The van der Waals surface area contributed by atoms with Gasteiger partial charge >= 0.3 is 0 Å². The van der Waals surface area contributed by atoms with E-state index in [-0.39, 0.29) is 24.4 Å². The third-order valence-corrected chi connectivity index (χ3v) is 2.38. The van der Waals surface area contributed by atoms with Crippen molar-refractivity contribution in [3.8, 4) is 0 Å². The van der Waals surface area contributed by atoms with E-state index in [1.807, 2.05) is 31.2 Å². The van der Waals surface area contributed by atoms with E-state index in [1.54, 1.807) is 6.07 Å². The van der Waals surface area contributed by atoms with E-state index < -0.39 is 0 Å². The molecule has 3 N–H and O–H groups in total. The van der Waals surface area contributed by atoms with Gasteiger partial charge in [0.2, 0.25) is 0 Å². The number of carbonyl (C=O) groups is 1. The van der Waals surface area contributed by atoms with Crippen molar-refractivity contribution in [1.29, 1.82) is 0 Å². The van der Waals surface area contributed by atoms with Crippen LogP contribution in [0.15, 0.2) is 34.7 Å². The van der Waals surface area contributed by atoms with Crippen molar-refractivity contribution < 1.29 is 9.21 Å². The van der Waals surface area contributed by atoms with E-state index in [2.05, 4.69) is 5.32 Å². The largest absolute Gasteiger partial charge is 0.451 e. The normalized spacial score (nSPS) is 11.9. The predicted octanol–water partition coefficient (Wildman–Crippen LogP) is 1.93. The van der Waals surface area contributed by atoms with Crippen LogP contribution in [-0.4, -0.2) is 18.5 Å². The zero-order valence-electron chi connectivity index (χ0n) is 9.47. The molecule has 2 rings (SSSR count). The summed E-state index contributed by atoms with van der Waals surface area (Å²) in [7, 11) is 0. The Bertz CT molecular complexity index is 477. The minimum atomic E-state index is -0.228. The quantitative estimate of drug-likeness (QED) is 0.880. The van der Waals surface area contributed by atoms with Crippen LogP contribution >= 0.6 is 12.4 Å². The van der Waals surface area contributed by atoms with Crippen LogP contribution in [0.2, 0.25) is 0 Å². The first kappa shape index (κ1) is 13.5. The van der Waals surface area contributed by atoms with E-state index >= 15 is 0 Å². The molecule has 0 spiro atoms. The molecule has 1 atom stereocenters. The maximum absolute atomic E-state index is 11.7. The number of halogens is 1. The minimum absolute atomic E-state index is 0. The molecule has 92 valence electrons. The first-order valence-corrected chi connectivity index (χ1v) is 5.20. The number of hydrogen-bond acceptors (Lipinski definition) is 3. The number of nitrogens with one attached hydrogen (secondary N) is 1. The highest BCUT2D eigenvalue weighted by Crippen LogP contribution is 2.18. The summed E-state index contributed by atoms with van der Waals surface area (Å²) >= 11 is 0. The fraction of sp³-hybridized carbons (Fsp3) is 0.250. The molecule has 1 amide bonds. The monoisotopic (exact) mass is 254 g/mol. The maximum Gasteiger partial charge on any atom is 0.287 e. The molecule has 4 nitrogen and oxygen atoms in total. The van der Waals surface area contributed by atoms with Crippen LogP contribution in [0.3, 0.4) is 0 Å². The predicted molar refractivity (Wildman–Crippen MR) is 69.4 cm³/mol. The highest BCUT2D eigenvalue weighted by Gasteiger charge is 2.13. The number of fused-ring (bicyclic) bond motifs is 1. The average molecular weight is 255 g/mol. The first-order chi connectivity index (χ1) is 7.70. The lowest BCUT2D eigenvalue weighted by Gasteiger charge is -2.08. The van der Waals surface area contributed by atoms with Gasteiger partial charge in [-0.15, -0.1) is 12.4 Å². The Labute approximate surface area is 106 Å². The summed E-state index contributed by atoms with van der Waals surface area (Å²) in [5, 5.41) is 3.67. The molecule has 1 aromatic carbocycles. The van der Waals surface area contributed by atoms with Crippen LogP contribution in [0.5, 0.6) is 0 Å². The molecule has 0 fully saturated rings. The third kappa shape index (κ3) is 2.99. The van der Waals surface area contributed by atoms with Crippen molar-refractivity contribution in [3.05, 3.63) is 36.1 Å². The number of benzene rings is 1. The van der Waals surface area contributed by atoms with Gasteiger partial charge in [-0.3, -0.25) is 4.79 Å². The van der Waals surface area contributed by atoms with Crippen LogP contribution in [-0.2, 0) is 0 Å². The number of carbonyl (C=O) groups excluding carboxylic acids is 1. The number of furan rings is 1. The molecule has 0 aliphatic rings. The zero-order chi connectivity index (χ0) is 11.5. The molecule has 0 unspecified atom stereocenters. The molecule has 5 heteroatoms. The van der Waals surface area contributed by atoms with Gasteiger partial charge in [-0.25, -0.2) is 0 Å². The van der Waals surface area contributed by atoms with Crippen molar-refractivity contribution in [2.75, 3.05) is 6.54 Å². The molecule has 0 aliphatic heterocycles. The molecule has 0 saturated carbocycles. The van der Waals surface area contributed by atoms with Crippen molar-refractivity contribution >= 4 is 29.3 Å². The Morgan fingerprint density at radius 2 is 2.18 bits per heavy atom. The summed E-state index contributed by atoms with van der Waals surface area (Å²) in [6.07, 6.45) is 0.